The number of fused-ring (bicyclic) bond motifs is 1. The Bertz CT molecular complexity index is 287. The van der Waals surface area contributed by atoms with Crippen molar-refractivity contribution in [1.29, 1.82) is 0 Å². The summed E-state index contributed by atoms with van der Waals surface area (Å²) in [5.41, 5.74) is 0.417. The second-order valence-corrected chi connectivity index (χ2v) is 6.44. The number of ether oxygens (including phenoxy) is 1. The van der Waals surface area contributed by atoms with Gasteiger partial charge < -0.3 is 4.74 Å². The van der Waals surface area contributed by atoms with Gasteiger partial charge in [0.25, 0.3) is 0 Å². The van der Waals surface area contributed by atoms with Crippen LogP contribution in [-0.4, -0.2) is 12.1 Å². The Morgan fingerprint density at radius 2 is 2.18 bits per heavy atom. The van der Waals surface area contributed by atoms with E-state index in [1.807, 2.05) is 6.92 Å². The van der Waals surface area contributed by atoms with Crippen LogP contribution in [-0.2, 0) is 9.53 Å². The molecule has 0 aromatic heterocycles. The monoisotopic (exact) mass is 238 g/mol. The fraction of sp³-hybridized carbons (Fsp3) is 0.933. The Balaban J connectivity index is 1.91. The van der Waals surface area contributed by atoms with Gasteiger partial charge in [-0.3, -0.25) is 4.79 Å². The first kappa shape index (κ1) is 12.9. The topological polar surface area (TPSA) is 26.3 Å². The molecule has 0 radical (unpaired) electrons. The van der Waals surface area contributed by atoms with Crippen molar-refractivity contribution in [2.75, 3.05) is 0 Å². The number of carbonyl (C=O) groups is 1. The van der Waals surface area contributed by atoms with E-state index in [0.29, 0.717) is 11.3 Å². The first-order chi connectivity index (χ1) is 8.06. The van der Waals surface area contributed by atoms with Gasteiger partial charge in [0.1, 0.15) is 6.10 Å². The molecule has 2 heteroatoms. The van der Waals surface area contributed by atoms with E-state index in [4.69, 9.17) is 4.74 Å². The van der Waals surface area contributed by atoms with Crippen LogP contribution in [0.15, 0.2) is 0 Å². The third-order valence-corrected chi connectivity index (χ3v) is 4.92. The van der Waals surface area contributed by atoms with Crippen LogP contribution in [0.25, 0.3) is 0 Å². The lowest BCUT2D eigenvalue weighted by molar-refractivity contribution is -0.145. The van der Waals surface area contributed by atoms with Gasteiger partial charge in [0.05, 0.1) is 5.92 Å². The molecule has 2 rings (SSSR count). The number of rotatable bonds is 4. The minimum Gasteiger partial charge on any atom is -0.462 e. The van der Waals surface area contributed by atoms with Gasteiger partial charge in [-0.05, 0) is 31.1 Å². The van der Waals surface area contributed by atoms with E-state index in [1.54, 1.807) is 0 Å². The smallest absolute Gasteiger partial charge is 0.309 e. The summed E-state index contributed by atoms with van der Waals surface area (Å²) >= 11 is 0. The molecule has 17 heavy (non-hydrogen) atoms. The number of unbranched alkanes of at least 4 members (excludes halogenated alkanes) is 2. The highest BCUT2D eigenvalue weighted by Gasteiger charge is 2.48. The van der Waals surface area contributed by atoms with Crippen molar-refractivity contribution in [3.05, 3.63) is 0 Å². The van der Waals surface area contributed by atoms with Crippen LogP contribution in [0.2, 0.25) is 0 Å². The number of hydrogen-bond donors (Lipinski definition) is 0. The van der Waals surface area contributed by atoms with E-state index in [-0.39, 0.29) is 18.0 Å². The molecular formula is C15H26O2. The molecule has 0 N–H and O–H groups in total. The van der Waals surface area contributed by atoms with Crippen LogP contribution >= 0.6 is 0 Å². The average molecular weight is 238 g/mol. The minimum atomic E-state index is 0.0396. The zero-order valence-electron chi connectivity index (χ0n) is 11.5. The van der Waals surface area contributed by atoms with E-state index >= 15 is 0 Å². The van der Waals surface area contributed by atoms with Crippen molar-refractivity contribution >= 4 is 5.97 Å². The van der Waals surface area contributed by atoms with Gasteiger partial charge in [-0.15, -0.1) is 0 Å². The molecule has 2 fully saturated rings. The summed E-state index contributed by atoms with van der Waals surface area (Å²) < 4.78 is 5.54. The summed E-state index contributed by atoms with van der Waals surface area (Å²) in [5.74, 6) is 0.680. The molecule has 0 bridgehead atoms. The maximum atomic E-state index is 11.6. The molecule has 2 nitrogen and oxygen atoms in total. The molecule has 1 aliphatic carbocycles. The van der Waals surface area contributed by atoms with Crippen LogP contribution in [0.1, 0.15) is 65.7 Å². The molecule has 1 saturated carbocycles. The normalized spacial score (nSPS) is 41.1. The van der Waals surface area contributed by atoms with Gasteiger partial charge in [0.2, 0.25) is 0 Å². The second-order valence-electron chi connectivity index (χ2n) is 6.44. The summed E-state index contributed by atoms with van der Waals surface area (Å²) in [6.45, 7) is 6.67. The van der Waals surface area contributed by atoms with E-state index in [9.17, 15) is 4.79 Å². The molecule has 0 aromatic rings. The standard InChI is InChI=1S/C15H26O2/c1-4-5-6-8-15(3)9-7-12-11(2)14(16)17-13(12)10-15/h11-13H,4-10H2,1-3H3. The van der Waals surface area contributed by atoms with E-state index < -0.39 is 0 Å². The van der Waals surface area contributed by atoms with E-state index in [2.05, 4.69) is 13.8 Å². The zero-order valence-corrected chi connectivity index (χ0v) is 11.5. The molecule has 1 saturated heterocycles. The van der Waals surface area contributed by atoms with Crippen LogP contribution in [0.5, 0.6) is 0 Å². The number of hydrogen-bond acceptors (Lipinski definition) is 2. The summed E-state index contributed by atoms with van der Waals surface area (Å²) in [4.78, 5) is 11.6. The second kappa shape index (κ2) is 4.99. The average Bonchev–Trinajstić information content (AvgIpc) is 2.54. The van der Waals surface area contributed by atoms with Crippen molar-refractivity contribution in [3.8, 4) is 0 Å². The number of carbonyl (C=O) groups excluding carboxylic acids is 1. The molecular weight excluding hydrogens is 212 g/mol. The molecule has 1 heterocycles. The van der Waals surface area contributed by atoms with Crippen molar-refractivity contribution in [2.24, 2.45) is 17.3 Å². The fourth-order valence-corrected chi connectivity index (χ4v) is 3.60. The van der Waals surface area contributed by atoms with Crippen molar-refractivity contribution in [3.63, 3.8) is 0 Å². The van der Waals surface area contributed by atoms with Gasteiger partial charge >= 0.3 is 5.97 Å². The summed E-state index contributed by atoms with van der Waals surface area (Å²) in [7, 11) is 0. The molecule has 98 valence electrons. The molecule has 4 atom stereocenters. The summed E-state index contributed by atoms with van der Waals surface area (Å²) in [6.07, 6.45) is 9.02. The Hall–Kier alpha value is -0.530. The SMILES string of the molecule is CCCCCC1(C)CCC2C(C1)OC(=O)C2C. The van der Waals surface area contributed by atoms with Crippen molar-refractivity contribution < 1.29 is 9.53 Å². The van der Waals surface area contributed by atoms with Gasteiger partial charge in [0.15, 0.2) is 0 Å². The molecule has 0 aromatic carbocycles. The largest absolute Gasteiger partial charge is 0.462 e. The Kier molecular flexibility index (Phi) is 3.79. The quantitative estimate of drug-likeness (QED) is 0.548. The predicted octanol–water partition coefficient (Wildman–Crippen LogP) is 3.93. The zero-order chi connectivity index (χ0) is 12.5. The minimum absolute atomic E-state index is 0.0396. The predicted molar refractivity (Wildman–Crippen MR) is 68.6 cm³/mol. The van der Waals surface area contributed by atoms with Crippen LogP contribution in [0.4, 0.5) is 0 Å². The summed E-state index contributed by atoms with van der Waals surface area (Å²) in [6, 6.07) is 0. The van der Waals surface area contributed by atoms with Gasteiger partial charge in [-0.2, -0.15) is 0 Å². The fourth-order valence-electron chi connectivity index (χ4n) is 3.60. The first-order valence-corrected chi connectivity index (χ1v) is 7.26. The highest BCUT2D eigenvalue weighted by atomic mass is 16.6. The molecule has 0 amide bonds. The van der Waals surface area contributed by atoms with Crippen molar-refractivity contribution in [1.82, 2.24) is 0 Å². The molecule has 1 aliphatic heterocycles. The van der Waals surface area contributed by atoms with Crippen LogP contribution in [0.3, 0.4) is 0 Å². The Morgan fingerprint density at radius 1 is 1.41 bits per heavy atom. The van der Waals surface area contributed by atoms with Crippen LogP contribution in [0, 0.1) is 17.3 Å². The maximum absolute atomic E-state index is 11.6. The summed E-state index contributed by atoms with van der Waals surface area (Å²) in [5, 5.41) is 0. The third kappa shape index (κ3) is 2.66. The van der Waals surface area contributed by atoms with Crippen LogP contribution < -0.4 is 0 Å². The van der Waals surface area contributed by atoms with Gasteiger partial charge in [-0.25, -0.2) is 0 Å². The molecule has 0 spiro atoms. The lowest BCUT2D eigenvalue weighted by Crippen LogP contribution is -2.34. The van der Waals surface area contributed by atoms with Gasteiger partial charge in [-0.1, -0.05) is 40.0 Å². The van der Waals surface area contributed by atoms with Crippen molar-refractivity contribution in [2.45, 2.75) is 71.8 Å². The lowest BCUT2D eigenvalue weighted by Gasteiger charge is -2.39. The molecule has 2 aliphatic rings. The molecule has 4 unspecified atom stereocenters. The Labute approximate surface area is 105 Å². The maximum Gasteiger partial charge on any atom is 0.309 e. The number of esters is 1. The van der Waals surface area contributed by atoms with Gasteiger partial charge in [0, 0.05) is 5.92 Å². The Morgan fingerprint density at radius 3 is 2.88 bits per heavy atom. The lowest BCUT2D eigenvalue weighted by atomic mass is 9.66. The first-order valence-electron chi connectivity index (χ1n) is 7.26. The van der Waals surface area contributed by atoms with E-state index in [0.717, 1.165) is 6.42 Å². The highest BCUT2D eigenvalue weighted by Crippen LogP contribution is 2.48. The van der Waals surface area contributed by atoms with E-state index in [1.165, 1.54) is 38.5 Å². The third-order valence-electron chi connectivity index (χ3n) is 4.92. The highest BCUT2D eigenvalue weighted by molar-refractivity contribution is 5.74.